The van der Waals surface area contributed by atoms with E-state index in [0.717, 1.165) is 25.7 Å². The molecular weight excluding hydrogens is 254 g/mol. The largest absolute Gasteiger partial charge is 0.465 e. The molecule has 0 amide bonds. The summed E-state index contributed by atoms with van der Waals surface area (Å²) >= 11 is 0. The maximum absolute atomic E-state index is 11.4. The topological polar surface area (TPSA) is 84.2 Å². The number of carbonyl (C=O) groups excluding carboxylic acids is 1. The predicted octanol–water partition coefficient (Wildman–Crippen LogP) is 1.83. The molecular formula is C12H21NO4S. The van der Waals surface area contributed by atoms with Gasteiger partial charge in [-0.3, -0.25) is 4.79 Å². The minimum absolute atomic E-state index is 0.133. The average molecular weight is 275 g/mol. The van der Waals surface area contributed by atoms with Gasteiger partial charge < -0.3 is 4.74 Å². The number of esters is 1. The fourth-order valence-electron chi connectivity index (χ4n) is 1.38. The first-order valence-electron chi connectivity index (χ1n) is 6.25. The molecule has 0 radical (unpaired) electrons. The highest BCUT2D eigenvalue weighted by Gasteiger charge is 2.17. The summed E-state index contributed by atoms with van der Waals surface area (Å²) in [4.78, 5) is 11.3. The van der Waals surface area contributed by atoms with Crippen LogP contribution in [-0.2, 0) is 19.4 Å². The monoisotopic (exact) mass is 275 g/mol. The van der Waals surface area contributed by atoms with Crippen LogP contribution in [-0.4, -0.2) is 32.5 Å². The van der Waals surface area contributed by atoms with E-state index in [2.05, 4.69) is 6.92 Å². The Morgan fingerprint density at radius 3 is 2.56 bits per heavy atom. The number of unbranched alkanes of at least 4 members (excludes halogenated alkanes) is 4. The Labute approximate surface area is 109 Å². The minimum atomic E-state index is -3.43. The summed E-state index contributed by atoms with van der Waals surface area (Å²) in [6.07, 6.45) is 4.39. The summed E-state index contributed by atoms with van der Waals surface area (Å²) in [6.45, 7) is 2.37. The van der Waals surface area contributed by atoms with Crippen molar-refractivity contribution in [1.29, 1.82) is 5.26 Å². The third kappa shape index (κ3) is 10.1. The van der Waals surface area contributed by atoms with Crippen molar-refractivity contribution >= 4 is 15.8 Å². The molecule has 0 aromatic carbocycles. The lowest BCUT2D eigenvalue weighted by atomic mass is 10.2. The van der Waals surface area contributed by atoms with E-state index in [1.54, 1.807) is 0 Å². The van der Waals surface area contributed by atoms with Gasteiger partial charge in [0, 0.05) is 6.42 Å². The van der Waals surface area contributed by atoms with Crippen LogP contribution in [0.25, 0.3) is 0 Å². The Balaban J connectivity index is 3.76. The van der Waals surface area contributed by atoms with Crippen LogP contribution < -0.4 is 0 Å². The first kappa shape index (κ1) is 16.9. The standard InChI is InChI=1S/C12H21NO4S/c1-2-3-4-6-9-17-12(14)11-18(15,16)10-7-5-8-13/h2-7,9-11H2,1H3. The average Bonchev–Trinajstić information content (AvgIpc) is 2.28. The molecule has 0 spiro atoms. The van der Waals surface area contributed by atoms with E-state index < -0.39 is 21.6 Å². The molecule has 0 fully saturated rings. The van der Waals surface area contributed by atoms with Crippen LogP contribution in [0, 0.1) is 11.3 Å². The van der Waals surface area contributed by atoms with Gasteiger partial charge in [0.05, 0.1) is 18.4 Å². The molecule has 0 aliphatic heterocycles. The molecule has 6 heteroatoms. The molecule has 0 bridgehead atoms. The van der Waals surface area contributed by atoms with Crippen molar-refractivity contribution in [2.45, 2.75) is 45.4 Å². The Morgan fingerprint density at radius 1 is 1.22 bits per heavy atom. The minimum Gasteiger partial charge on any atom is -0.465 e. The molecule has 5 nitrogen and oxygen atoms in total. The molecule has 0 saturated carbocycles. The second kappa shape index (κ2) is 9.89. The fourth-order valence-corrected chi connectivity index (χ4v) is 2.55. The zero-order chi connectivity index (χ0) is 13.9. The van der Waals surface area contributed by atoms with Gasteiger partial charge in [0.1, 0.15) is 5.75 Å². The van der Waals surface area contributed by atoms with Gasteiger partial charge in [-0.05, 0) is 12.8 Å². The molecule has 0 heterocycles. The third-order valence-electron chi connectivity index (χ3n) is 2.34. The normalized spacial score (nSPS) is 10.9. The van der Waals surface area contributed by atoms with Gasteiger partial charge in [0.25, 0.3) is 0 Å². The maximum Gasteiger partial charge on any atom is 0.321 e. The van der Waals surface area contributed by atoms with Crippen LogP contribution in [0.4, 0.5) is 0 Å². The molecule has 0 rings (SSSR count). The zero-order valence-corrected chi connectivity index (χ0v) is 11.7. The van der Waals surface area contributed by atoms with E-state index in [0.29, 0.717) is 0 Å². The molecule has 0 unspecified atom stereocenters. The quantitative estimate of drug-likeness (QED) is 0.448. The Hall–Kier alpha value is -1.09. The number of ether oxygens (including phenoxy) is 1. The van der Waals surface area contributed by atoms with Crippen molar-refractivity contribution in [2.75, 3.05) is 18.1 Å². The summed E-state index contributed by atoms with van der Waals surface area (Å²) < 4.78 is 27.7. The smallest absolute Gasteiger partial charge is 0.321 e. The van der Waals surface area contributed by atoms with Crippen molar-refractivity contribution in [1.82, 2.24) is 0 Å². The van der Waals surface area contributed by atoms with Crippen molar-refractivity contribution in [3.8, 4) is 6.07 Å². The molecule has 0 aliphatic rings. The Kier molecular flexibility index (Phi) is 9.29. The number of rotatable bonds is 10. The molecule has 0 atom stereocenters. The van der Waals surface area contributed by atoms with Crippen LogP contribution in [0.1, 0.15) is 45.4 Å². The Bertz CT molecular complexity index is 370. The van der Waals surface area contributed by atoms with Gasteiger partial charge in [-0.2, -0.15) is 5.26 Å². The van der Waals surface area contributed by atoms with Crippen LogP contribution in [0.2, 0.25) is 0 Å². The molecule has 18 heavy (non-hydrogen) atoms. The van der Waals surface area contributed by atoms with Gasteiger partial charge in [-0.15, -0.1) is 0 Å². The molecule has 0 N–H and O–H groups in total. The van der Waals surface area contributed by atoms with Gasteiger partial charge in [-0.25, -0.2) is 8.42 Å². The van der Waals surface area contributed by atoms with Gasteiger partial charge in [0.15, 0.2) is 9.84 Å². The van der Waals surface area contributed by atoms with E-state index in [1.165, 1.54) is 0 Å². The van der Waals surface area contributed by atoms with Crippen molar-refractivity contribution < 1.29 is 17.9 Å². The van der Waals surface area contributed by atoms with Crippen LogP contribution in [0.3, 0.4) is 0 Å². The maximum atomic E-state index is 11.4. The molecule has 104 valence electrons. The SMILES string of the molecule is CCCCCCOC(=O)CS(=O)(=O)CCCC#N. The highest BCUT2D eigenvalue weighted by atomic mass is 32.2. The second-order valence-corrected chi connectivity index (χ2v) is 6.32. The highest BCUT2D eigenvalue weighted by Crippen LogP contribution is 2.01. The zero-order valence-electron chi connectivity index (χ0n) is 10.9. The van der Waals surface area contributed by atoms with E-state index in [1.807, 2.05) is 6.07 Å². The van der Waals surface area contributed by atoms with E-state index in [4.69, 9.17) is 10.00 Å². The number of sulfone groups is 1. The number of hydrogen-bond acceptors (Lipinski definition) is 5. The summed E-state index contributed by atoms with van der Waals surface area (Å²) in [5.74, 6) is -1.40. The molecule has 0 aromatic heterocycles. The van der Waals surface area contributed by atoms with Gasteiger partial charge in [0.2, 0.25) is 0 Å². The van der Waals surface area contributed by atoms with Crippen molar-refractivity contribution in [3.63, 3.8) is 0 Å². The van der Waals surface area contributed by atoms with Crippen LogP contribution >= 0.6 is 0 Å². The highest BCUT2D eigenvalue weighted by molar-refractivity contribution is 7.92. The molecule has 0 aliphatic carbocycles. The lowest BCUT2D eigenvalue weighted by Gasteiger charge is -2.05. The summed E-state index contributed by atoms with van der Waals surface area (Å²) in [5, 5.41) is 8.30. The summed E-state index contributed by atoms with van der Waals surface area (Å²) in [7, 11) is -3.43. The summed E-state index contributed by atoms with van der Waals surface area (Å²) in [5.41, 5.74) is 0. The number of nitriles is 1. The first-order valence-corrected chi connectivity index (χ1v) is 8.07. The second-order valence-electron chi connectivity index (χ2n) is 4.13. The molecule has 0 saturated heterocycles. The van der Waals surface area contributed by atoms with Crippen molar-refractivity contribution in [2.24, 2.45) is 0 Å². The van der Waals surface area contributed by atoms with E-state index in [-0.39, 0.29) is 25.2 Å². The number of carbonyl (C=O) groups is 1. The number of hydrogen-bond donors (Lipinski definition) is 0. The predicted molar refractivity (Wildman–Crippen MR) is 68.6 cm³/mol. The number of nitrogens with zero attached hydrogens (tertiary/aromatic N) is 1. The lowest BCUT2D eigenvalue weighted by molar-refractivity contribution is -0.140. The summed E-state index contributed by atoms with van der Waals surface area (Å²) in [6, 6.07) is 1.87. The fraction of sp³-hybridized carbons (Fsp3) is 0.833. The third-order valence-corrected chi connectivity index (χ3v) is 3.93. The van der Waals surface area contributed by atoms with E-state index in [9.17, 15) is 13.2 Å². The molecule has 0 aromatic rings. The van der Waals surface area contributed by atoms with Crippen LogP contribution in [0.15, 0.2) is 0 Å². The van der Waals surface area contributed by atoms with Gasteiger partial charge >= 0.3 is 5.97 Å². The Morgan fingerprint density at radius 2 is 1.94 bits per heavy atom. The van der Waals surface area contributed by atoms with Gasteiger partial charge in [-0.1, -0.05) is 26.2 Å². The van der Waals surface area contributed by atoms with Crippen LogP contribution in [0.5, 0.6) is 0 Å². The van der Waals surface area contributed by atoms with Crippen molar-refractivity contribution in [3.05, 3.63) is 0 Å². The first-order chi connectivity index (χ1) is 8.52. The lowest BCUT2D eigenvalue weighted by Crippen LogP contribution is -2.21. The van der Waals surface area contributed by atoms with E-state index >= 15 is 0 Å².